The van der Waals surface area contributed by atoms with Crippen LogP contribution in [0, 0.1) is 0 Å². The van der Waals surface area contributed by atoms with Crippen molar-refractivity contribution in [1.82, 2.24) is 0 Å². The molecule has 1 aromatic rings. The number of carboxylic acid groups (broad SMARTS) is 1. The van der Waals surface area contributed by atoms with Crippen molar-refractivity contribution in [2.75, 3.05) is 33.5 Å². The molecule has 1 aromatic carbocycles. The number of aliphatic carboxylic acids is 1. The van der Waals surface area contributed by atoms with Gasteiger partial charge in [0.25, 0.3) is 0 Å². The normalized spacial score (nSPS) is 13.9. The molecule has 112 valence electrons. The van der Waals surface area contributed by atoms with Crippen LogP contribution in [-0.2, 0) is 19.7 Å². The molecular weight excluding hydrogens is 258 g/mol. The maximum atomic E-state index is 11.7. The van der Waals surface area contributed by atoms with E-state index in [4.69, 9.17) is 15.2 Å². The highest BCUT2D eigenvalue weighted by Crippen LogP contribution is 2.27. The van der Waals surface area contributed by atoms with Crippen molar-refractivity contribution in [2.45, 2.75) is 18.3 Å². The van der Waals surface area contributed by atoms with E-state index in [1.807, 2.05) is 18.2 Å². The van der Waals surface area contributed by atoms with Crippen LogP contribution in [0.1, 0.15) is 18.4 Å². The second-order valence-corrected chi connectivity index (χ2v) is 4.67. The third-order valence-electron chi connectivity index (χ3n) is 3.39. The van der Waals surface area contributed by atoms with E-state index in [9.17, 15) is 9.90 Å². The van der Waals surface area contributed by atoms with Crippen LogP contribution in [-0.4, -0.2) is 44.6 Å². The zero-order valence-corrected chi connectivity index (χ0v) is 11.9. The standard InChI is InChI=1S/C15H23NO4/c1-19-9-5-10-20-11-8-15(12-16,14(17)18)13-6-3-2-4-7-13/h2-4,6-7H,5,8-12,16H2,1H3,(H,17,18). The van der Waals surface area contributed by atoms with Crippen LogP contribution in [0.4, 0.5) is 0 Å². The average molecular weight is 281 g/mol. The van der Waals surface area contributed by atoms with Gasteiger partial charge in [0.05, 0.1) is 0 Å². The predicted octanol–water partition coefficient (Wildman–Crippen LogP) is 1.41. The molecule has 0 aliphatic heterocycles. The topological polar surface area (TPSA) is 81.8 Å². The molecule has 5 nitrogen and oxygen atoms in total. The van der Waals surface area contributed by atoms with Gasteiger partial charge in [-0.25, -0.2) is 0 Å². The molecule has 0 spiro atoms. The molecule has 1 atom stereocenters. The Morgan fingerprint density at radius 1 is 1.25 bits per heavy atom. The number of nitrogens with two attached hydrogens (primary N) is 1. The zero-order chi connectivity index (χ0) is 14.8. The number of rotatable bonds is 10. The summed E-state index contributed by atoms with van der Waals surface area (Å²) < 4.78 is 10.4. The van der Waals surface area contributed by atoms with E-state index in [0.717, 1.165) is 12.0 Å². The number of ether oxygens (including phenoxy) is 2. The Hall–Kier alpha value is -1.43. The van der Waals surface area contributed by atoms with Gasteiger partial charge in [-0.05, 0) is 18.4 Å². The lowest BCUT2D eigenvalue weighted by atomic mass is 9.78. The molecule has 0 radical (unpaired) electrons. The number of benzene rings is 1. The van der Waals surface area contributed by atoms with E-state index in [1.54, 1.807) is 19.2 Å². The van der Waals surface area contributed by atoms with Crippen molar-refractivity contribution < 1.29 is 19.4 Å². The van der Waals surface area contributed by atoms with Gasteiger partial charge in [-0.2, -0.15) is 0 Å². The highest BCUT2D eigenvalue weighted by atomic mass is 16.5. The first-order valence-corrected chi connectivity index (χ1v) is 6.73. The lowest BCUT2D eigenvalue weighted by molar-refractivity contribution is -0.144. The van der Waals surface area contributed by atoms with E-state index >= 15 is 0 Å². The largest absolute Gasteiger partial charge is 0.481 e. The van der Waals surface area contributed by atoms with Crippen LogP contribution in [0.25, 0.3) is 0 Å². The Morgan fingerprint density at radius 2 is 1.95 bits per heavy atom. The number of methoxy groups -OCH3 is 1. The third-order valence-corrected chi connectivity index (χ3v) is 3.39. The summed E-state index contributed by atoms with van der Waals surface area (Å²) in [6.07, 6.45) is 1.15. The van der Waals surface area contributed by atoms with Gasteiger partial charge < -0.3 is 20.3 Å². The highest BCUT2D eigenvalue weighted by molar-refractivity contribution is 5.81. The molecule has 0 saturated carbocycles. The number of carbonyl (C=O) groups is 1. The summed E-state index contributed by atoms with van der Waals surface area (Å²) in [7, 11) is 1.64. The predicted molar refractivity (Wildman–Crippen MR) is 76.7 cm³/mol. The lowest BCUT2D eigenvalue weighted by Gasteiger charge is -2.28. The van der Waals surface area contributed by atoms with Crippen molar-refractivity contribution in [1.29, 1.82) is 0 Å². The van der Waals surface area contributed by atoms with E-state index in [0.29, 0.717) is 26.2 Å². The van der Waals surface area contributed by atoms with E-state index in [2.05, 4.69) is 0 Å². The van der Waals surface area contributed by atoms with Crippen LogP contribution in [0.5, 0.6) is 0 Å². The lowest BCUT2D eigenvalue weighted by Crippen LogP contribution is -2.44. The molecule has 5 heteroatoms. The molecule has 1 rings (SSSR count). The van der Waals surface area contributed by atoms with Gasteiger partial charge in [0.15, 0.2) is 0 Å². The van der Waals surface area contributed by atoms with Crippen molar-refractivity contribution in [3.05, 3.63) is 35.9 Å². The Labute approximate surface area is 119 Å². The molecule has 0 bridgehead atoms. The summed E-state index contributed by atoms with van der Waals surface area (Å²) in [5.74, 6) is -0.910. The molecule has 1 unspecified atom stereocenters. The first-order valence-electron chi connectivity index (χ1n) is 6.73. The number of carboxylic acids is 1. The third kappa shape index (κ3) is 4.30. The molecule has 0 aliphatic rings. The van der Waals surface area contributed by atoms with E-state index in [1.165, 1.54) is 0 Å². The van der Waals surface area contributed by atoms with Gasteiger partial charge in [-0.1, -0.05) is 30.3 Å². The average Bonchev–Trinajstić information content (AvgIpc) is 2.47. The molecule has 0 amide bonds. The summed E-state index contributed by atoms with van der Waals surface area (Å²) >= 11 is 0. The van der Waals surface area contributed by atoms with Crippen molar-refractivity contribution >= 4 is 5.97 Å². The van der Waals surface area contributed by atoms with Gasteiger partial charge in [-0.3, -0.25) is 4.79 Å². The minimum Gasteiger partial charge on any atom is -0.481 e. The van der Waals surface area contributed by atoms with E-state index in [-0.39, 0.29) is 6.54 Å². The Bertz CT molecular complexity index is 396. The van der Waals surface area contributed by atoms with Crippen molar-refractivity contribution in [3.63, 3.8) is 0 Å². The number of hydrogen-bond donors (Lipinski definition) is 2. The van der Waals surface area contributed by atoms with Crippen molar-refractivity contribution in [3.8, 4) is 0 Å². The number of hydrogen-bond acceptors (Lipinski definition) is 4. The second kappa shape index (κ2) is 8.68. The minimum absolute atomic E-state index is 0.0494. The van der Waals surface area contributed by atoms with Crippen LogP contribution in [0.15, 0.2) is 30.3 Å². The Kier molecular flexibility index (Phi) is 7.22. The molecule has 0 heterocycles. The van der Waals surface area contributed by atoms with Gasteiger partial charge in [-0.15, -0.1) is 0 Å². The molecular formula is C15H23NO4. The quantitative estimate of drug-likeness (QED) is 0.634. The first kappa shape index (κ1) is 16.6. The fourth-order valence-electron chi connectivity index (χ4n) is 2.09. The summed E-state index contributed by atoms with van der Waals surface area (Å²) in [4.78, 5) is 11.7. The maximum Gasteiger partial charge on any atom is 0.315 e. The molecule has 20 heavy (non-hydrogen) atoms. The zero-order valence-electron chi connectivity index (χ0n) is 11.9. The molecule has 0 fully saturated rings. The van der Waals surface area contributed by atoms with Crippen LogP contribution in [0.3, 0.4) is 0 Å². The highest BCUT2D eigenvalue weighted by Gasteiger charge is 2.38. The fourth-order valence-corrected chi connectivity index (χ4v) is 2.09. The Balaban J connectivity index is 2.64. The molecule has 0 aliphatic carbocycles. The van der Waals surface area contributed by atoms with Gasteiger partial charge >= 0.3 is 5.97 Å². The maximum absolute atomic E-state index is 11.7. The smallest absolute Gasteiger partial charge is 0.315 e. The minimum atomic E-state index is -1.08. The molecule has 3 N–H and O–H groups in total. The van der Waals surface area contributed by atoms with Gasteiger partial charge in [0, 0.05) is 33.5 Å². The van der Waals surface area contributed by atoms with Gasteiger partial charge in [0.2, 0.25) is 0 Å². The van der Waals surface area contributed by atoms with Crippen molar-refractivity contribution in [2.24, 2.45) is 5.73 Å². The summed E-state index contributed by atoms with van der Waals surface area (Å²) in [5, 5.41) is 9.56. The SMILES string of the molecule is COCCCOCCC(CN)(C(=O)O)c1ccccc1. The second-order valence-electron chi connectivity index (χ2n) is 4.67. The Morgan fingerprint density at radius 3 is 2.50 bits per heavy atom. The van der Waals surface area contributed by atoms with Crippen LogP contribution < -0.4 is 5.73 Å². The van der Waals surface area contributed by atoms with Crippen LogP contribution in [0.2, 0.25) is 0 Å². The monoisotopic (exact) mass is 281 g/mol. The summed E-state index contributed by atoms with van der Waals surface area (Å²) in [6, 6.07) is 9.09. The van der Waals surface area contributed by atoms with Crippen LogP contribution >= 0.6 is 0 Å². The molecule has 0 aromatic heterocycles. The fraction of sp³-hybridized carbons (Fsp3) is 0.533. The van der Waals surface area contributed by atoms with E-state index < -0.39 is 11.4 Å². The van der Waals surface area contributed by atoms with Gasteiger partial charge in [0.1, 0.15) is 5.41 Å². The summed E-state index contributed by atoms with van der Waals surface area (Å²) in [5.41, 5.74) is 5.38. The molecule has 0 saturated heterocycles. The summed E-state index contributed by atoms with van der Waals surface area (Å²) in [6.45, 7) is 1.61. The first-order chi connectivity index (χ1) is 9.67.